The summed E-state index contributed by atoms with van der Waals surface area (Å²) in [4.78, 5) is 18.0. The fraction of sp³-hybridized carbons (Fsp3) is 0.538. The zero-order valence-electron chi connectivity index (χ0n) is 11.4. The second-order valence-electron chi connectivity index (χ2n) is 4.53. The number of carbonyl (C=O) groups excluding carboxylic acids is 1. The molecule has 1 aliphatic heterocycles. The van der Waals surface area contributed by atoms with Crippen molar-refractivity contribution in [3.63, 3.8) is 0 Å². The highest BCUT2D eigenvalue weighted by molar-refractivity contribution is 5.85. The van der Waals surface area contributed by atoms with Crippen LogP contribution >= 0.6 is 24.8 Å². The Kier molecular flexibility index (Phi) is 9.29. The molecule has 2 heterocycles. The summed E-state index contributed by atoms with van der Waals surface area (Å²) in [5, 5.41) is 2.85. The van der Waals surface area contributed by atoms with Crippen molar-refractivity contribution < 1.29 is 4.79 Å². The SMILES string of the molecule is Cl.Cl.NCCC(=O)NCc1ccnc(N2CCCC2)c1. The first-order valence-electron chi connectivity index (χ1n) is 6.46. The largest absolute Gasteiger partial charge is 0.357 e. The Balaban J connectivity index is 0.00000180. The number of nitrogens with zero attached hydrogens (tertiary/aromatic N) is 2. The summed E-state index contributed by atoms with van der Waals surface area (Å²) in [7, 11) is 0. The minimum absolute atomic E-state index is 0. The third-order valence-corrected chi connectivity index (χ3v) is 3.10. The molecule has 0 bridgehead atoms. The lowest BCUT2D eigenvalue weighted by Gasteiger charge is -2.16. The number of aromatic nitrogens is 1. The van der Waals surface area contributed by atoms with Gasteiger partial charge in [0, 0.05) is 38.8 Å². The Bertz CT molecular complexity index is 411. The third-order valence-electron chi connectivity index (χ3n) is 3.10. The van der Waals surface area contributed by atoms with E-state index in [0.717, 1.165) is 24.5 Å². The van der Waals surface area contributed by atoms with E-state index in [9.17, 15) is 4.79 Å². The van der Waals surface area contributed by atoms with Gasteiger partial charge in [0.15, 0.2) is 0 Å². The number of hydrogen-bond acceptors (Lipinski definition) is 4. The van der Waals surface area contributed by atoms with Crippen molar-refractivity contribution in [3.05, 3.63) is 23.9 Å². The lowest BCUT2D eigenvalue weighted by molar-refractivity contribution is -0.121. The summed E-state index contributed by atoms with van der Waals surface area (Å²) in [5.74, 6) is 1.01. The maximum absolute atomic E-state index is 11.3. The van der Waals surface area contributed by atoms with E-state index in [1.165, 1.54) is 12.8 Å². The maximum Gasteiger partial charge on any atom is 0.221 e. The second kappa shape index (κ2) is 9.80. The summed E-state index contributed by atoms with van der Waals surface area (Å²) in [6.07, 6.45) is 4.65. The Morgan fingerprint density at radius 2 is 2.05 bits per heavy atom. The topological polar surface area (TPSA) is 71.2 Å². The number of nitrogens with one attached hydrogen (secondary N) is 1. The summed E-state index contributed by atoms with van der Waals surface area (Å²) in [5.41, 5.74) is 6.41. The first-order chi connectivity index (χ1) is 8.79. The highest BCUT2D eigenvalue weighted by Gasteiger charge is 2.13. The van der Waals surface area contributed by atoms with Crippen molar-refractivity contribution >= 4 is 36.5 Å². The van der Waals surface area contributed by atoms with Gasteiger partial charge in [-0.1, -0.05) is 0 Å². The molecule has 5 nitrogen and oxygen atoms in total. The van der Waals surface area contributed by atoms with Crippen LogP contribution in [0.1, 0.15) is 24.8 Å². The van der Waals surface area contributed by atoms with E-state index in [0.29, 0.717) is 19.5 Å². The molecule has 1 fully saturated rings. The highest BCUT2D eigenvalue weighted by Crippen LogP contribution is 2.18. The number of amides is 1. The van der Waals surface area contributed by atoms with E-state index < -0.39 is 0 Å². The molecule has 114 valence electrons. The molecule has 3 N–H and O–H groups in total. The van der Waals surface area contributed by atoms with Crippen molar-refractivity contribution in [2.24, 2.45) is 5.73 Å². The molecule has 7 heteroatoms. The standard InChI is InChI=1S/C13H20N4O.2ClH/c14-5-3-13(18)16-10-11-4-6-15-12(9-11)17-7-1-2-8-17;;/h4,6,9H,1-3,5,7-8,10,14H2,(H,16,18);2*1H. The van der Waals surface area contributed by atoms with E-state index in [-0.39, 0.29) is 30.7 Å². The molecule has 20 heavy (non-hydrogen) atoms. The Morgan fingerprint density at radius 1 is 1.35 bits per heavy atom. The normalized spacial score (nSPS) is 13.3. The van der Waals surface area contributed by atoms with Gasteiger partial charge in [-0.2, -0.15) is 0 Å². The van der Waals surface area contributed by atoms with Gasteiger partial charge >= 0.3 is 0 Å². The molecule has 0 saturated carbocycles. The molecule has 0 radical (unpaired) electrons. The Labute approximate surface area is 132 Å². The van der Waals surface area contributed by atoms with E-state index in [1.54, 1.807) is 6.20 Å². The van der Waals surface area contributed by atoms with Gasteiger partial charge in [-0.3, -0.25) is 4.79 Å². The van der Waals surface area contributed by atoms with Crippen LogP contribution in [0.5, 0.6) is 0 Å². The van der Waals surface area contributed by atoms with Crippen LogP contribution in [-0.2, 0) is 11.3 Å². The predicted molar refractivity (Wildman–Crippen MR) is 85.7 cm³/mol. The number of pyridine rings is 1. The molecule has 0 aromatic carbocycles. The molecular formula is C13H22Cl2N4O. The van der Waals surface area contributed by atoms with Crippen LogP contribution in [0.15, 0.2) is 18.3 Å². The van der Waals surface area contributed by atoms with Crippen LogP contribution in [-0.4, -0.2) is 30.5 Å². The average molecular weight is 321 g/mol. The second-order valence-corrected chi connectivity index (χ2v) is 4.53. The van der Waals surface area contributed by atoms with Gasteiger partial charge in [0.05, 0.1) is 0 Å². The molecule has 1 aliphatic rings. The van der Waals surface area contributed by atoms with Gasteiger partial charge in [0.25, 0.3) is 0 Å². The fourth-order valence-corrected chi connectivity index (χ4v) is 2.11. The molecule has 1 aromatic heterocycles. The molecule has 2 rings (SSSR count). The summed E-state index contributed by atoms with van der Waals surface area (Å²) >= 11 is 0. The van der Waals surface area contributed by atoms with Crippen LogP contribution in [0.25, 0.3) is 0 Å². The van der Waals surface area contributed by atoms with Gasteiger partial charge < -0.3 is 16.0 Å². The van der Waals surface area contributed by atoms with Crippen molar-refractivity contribution in [2.75, 3.05) is 24.5 Å². The number of anilines is 1. The number of carbonyl (C=O) groups is 1. The van der Waals surface area contributed by atoms with E-state index >= 15 is 0 Å². The molecule has 0 atom stereocenters. The van der Waals surface area contributed by atoms with Gasteiger partial charge in [-0.15, -0.1) is 24.8 Å². The summed E-state index contributed by atoms with van der Waals surface area (Å²) < 4.78 is 0. The molecule has 1 amide bonds. The lowest BCUT2D eigenvalue weighted by atomic mass is 10.2. The van der Waals surface area contributed by atoms with E-state index in [2.05, 4.69) is 15.2 Å². The minimum Gasteiger partial charge on any atom is -0.357 e. The van der Waals surface area contributed by atoms with Crippen molar-refractivity contribution in [2.45, 2.75) is 25.8 Å². The van der Waals surface area contributed by atoms with Gasteiger partial charge in [-0.05, 0) is 30.5 Å². The van der Waals surface area contributed by atoms with Crippen molar-refractivity contribution in [1.82, 2.24) is 10.3 Å². The molecule has 0 aliphatic carbocycles. The molecular weight excluding hydrogens is 299 g/mol. The van der Waals surface area contributed by atoms with Crippen molar-refractivity contribution in [3.8, 4) is 0 Å². The van der Waals surface area contributed by atoms with Gasteiger partial charge in [0.1, 0.15) is 5.82 Å². The first kappa shape index (κ1) is 19.0. The van der Waals surface area contributed by atoms with E-state index in [4.69, 9.17) is 5.73 Å². The zero-order chi connectivity index (χ0) is 12.8. The third kappa shape index (κ3) is 5.53. The van der Waals surface area contributed by atoms with Gasteiger partial charge in [-0.25, -0.2) is 4.98 Å². The fourth-order valence-electron chi connectivity index (χ4n) is 2.11. The first-order valence-corrected chi connectivity index (χ1v) is 6.46. The maximum atomic E-state index is 11.3. The van der Waals surface area contributed by atoms with Crippen LogP contribution in [0.4, 0.5) is 5.82 Å². The summed E-state index contributed by atoms with van der Waals surface area (Å²) in [6.45, 7) is 3.09. The monoisotopic (exact) mass is 320 g/mol. The number of nitrogens with two attached hydrogens (primary N) is 1. The number of hydrogen-bond donors (Lipinski definition) is 2. The number of halogens is 2. The van der Waals surface area contributed by atoms with Crippen LogP contribution in [0, 0.1) is 0 Å². The number of rotatable bonds is 5. The van der Waals surface area contributed by atoms with Crippen LogP contribution in [0.3, 0.4) is 0 Å². The zero-order valence-corrected chi connectivity index (χ0v) is 13.0. The quantitative estimate of drug-likeness (QED) is 0.862. The van der Waals surface area contributed by atoms with Crippen LogP contribution < -0.4 is 16.0 Å². The lowest BCUT2D eigenvalue weighted by Crippen LogP contribution is -2.25. The average Bonchev–Trinajstić information content (AvgIpc) is 2.91. The molecule has 0 spiro atoms. The van der Waals surface area contributed by atoms with E-state index in [1.807, 2.05) is 12.1 Å². The van der Waals surface area contributed by atoms with Crippen molar-refractivity contribution in [1.29, 1.82) is 0 Å². The van der Waals surface area contributed by atoms with Crippen LogP contribution in [0.2, 0.25) is 0 Å². The Hall–Kier alpha value is -1.04. The molecule has 1 saturated heterocycles. The summed E-state index contributed by atoms with van der Waals surface area (Å²) in [6, 6.07) is 3.98. The van der Waals surface area contributed by atoms with Gasteiger partial charge in [0.2, 0.25) is 5.91 Å². The molecule has 0 unspecified atom stereocenters. The predicted octanol–water partition coefficient (Wildman–Crippen LogP) is 1.49. The Morgan fingerprint density at radius 3 is 2.70 bits per heavy atom. The highest BCUT2D eigenvalue weighted by atomic mass is 35.5. The molecule has 1 aromatic rings. The minimum atomic E-state index is -0.00275. The smallest absolute Gasteiger partial charge is 0.221 e.